The highest BCUT2D eigenvalue weighted by atomic mass is 19.4. The van der Waals surface area contributed by atoms with E-state index in [4.69, 9.17) is 5.41 Å². The number of alkyl halides is 3. The number of aryl methyl sites for hydroxylation is 1. The molecule has 0 amide bonds. The van der Waals surface area contributed by atoms with Crippen molar-refractivity contribution in [3.63, 3.8) is 0 Å². The SMILES string of the molecule is Cc1cccc(C(=N)c2ccccc2C(F)(F)F)c1O. The Hall–Kier alpha value is -2.30. The van der Waals surface area contributed by atoms with Gasteiger partial charge in [-0.2, -0.15) is 13.2 Å². The van der Waals surface area contributed by atoms with E-state index in [2.05, 4.69) is 0 Å². The molecule has 0 atom stereocenters. The average molecular weight is 279 g/mol. The Morgan fingerprint density at radius 2 is 1.60 bits per heavy atom. The van der Waals surface area contributed by atoms with E-state index in [0.29, 0.717) is 5.56 Å². The largest absolute Gasteiger partial charge is 0.507 e. The third kappa shape index (κ3) is 2.52. The van der Waals surface area contributed by atoms with Crippen LogP contribution in [0.5, 0.6) is 5.75 Å². The van der Waals surface area contributed by atoms with Crippen LogP contribution in [0.1, 0.15) is 22.3 Å². The Kier molecular flexibility index (Phi) is 3.53. The minimum absolute atomic E-state index is 0.0849. The van der Waals surface area contributed by atoms with Gasteiger partial charge in [-0.1, -0.05) is 30.3 Å². The van der Waals surface area contributed by atoms with Crippen LogP contribution in [0.2, 0.25) is 0 Å². The second-order valence-corrected chi connectivity index (χ2v) is 4.39. The van der Waals surface area contributed by atoms with Crippen LogP contribution in [0, 0.1) is 12.3 Å². The summed E-state index contributed by atoms with van der Waals surface area (Å²) in [5, 5.41) is 17.9. The van der Waals surface area contributed by atoms with Crippen molar-refractivity contribution in [2.45, 2.75) is 13.1 Å². The monoisotopic (exact) mass is 279 g/mol. The molecule has 2 N–H and O–H groups in total. The van der Waals surface area contributed by atoms with Gasteiger partial charge in [0, 0.05) is 11.1 Å². The van der Waals surface area contributed by atoms with Gasteiger partial charge in [-0.15, -0.1) is 0 Å². The van der Waals surface area contributed by atoms with E-state index in [1.54, 1.807) is 19.1 Å². The van der Waals surface area contributed by atoms with Crippen molar-refractivity contribution in [3.05, 3.63) is 64.7 Å². The first-order valence-corrected chi connectivity index (χ1v) is 5.86. The first-order chi connectivity index (χ1) is 9.32. The number of halogens is 3. The van der Waals surface area contributed by atoms with Gasteiger partial charge in [0.25, 0.3) is 0 Å². The summed E-state index contributed by atoms with van der Waals surface area (Å²) in [6.07, 6.45) is -4.54. The molecular weight excluding hydrogens is 267 g/mol. The van der Waals surface area contributed by atoms with Gasteiger partial charge < -0.3 is 5.11 Å². The minimum Gasteiger partial charge on any atom is -0.507 e. The number of benzene rings is 2. The number of phenolic OH excluding ortho intramolecular Hbond substituents is 1. The van der Waals surface area contributed by atoms with Crippen LogP contribution in [0.3, 0.4) is 0 Å². The Bertz CT molecular complexity index is 662. The quantitative estimate of drug-likeness (QED) is 0.797. The van der Waals surface area contributed by atoms with Gasteiger partial charge in [-0.3, -0.25) is 5.41 Å². The molecule has 0 saturated carbocycles. The smallest absolute Gasteiger partial charge is 0.417 e. The fourth-order valence-corrected chi connectivity index (χ4v) is 1.95. The highest BCUT2D eigenvalue weighted by Crippen LogP contribution is 2.34. The molecule has 0 aliphatic rings. The second-order valence-electron chi connectivity index (χ2n) is 4.39. The van der Waals surface area contributed by atoms with Crippen molar-refractivity contribution >= 4 is 5.71 Å². The van der Waals surface area contributed by atoms with Gasteiger partial charge in [-0.05, 0) is 24.6 Å². The maximum absolute atomic E-state index is 12.9. The van der Waals surface area contributed by atoms with E-state index >= 15 is 0 Å². The first-order valence-electron chi connectivity index (χ1n) is 5.86. The van der Waals surface area contributed by atoms with Crippen LogP contribution < -0.4 is 0 Å². The molecule has 0 fully saturated rings. The maximum Gasteiger partial charge on any atom is 0.417 e. The summed E-state index contributed by atoms with van der Waals surface area (Å²) in [6.45, 7) is 1.63. The molecular formula is C15H12F3NO. The third-order valence-corrected chi connectivity index (χ3v) is 3.01. The van der Waals surface area contributed by atoms with E-state index in [-0.39, 0.29) is 22.6 Å². The van der Waals surface area contributed by atoms with Crippen LogP contribution in [-0.4, -0.2) is 10.8 Å². The zero-order valence-corrected chi connectivity index (χ0v) is 10.6. The van der Waals surface area contributed by atoms with Crippen LogP contribution in [0.15, 0.2) is 42.5 Å². The van der Waals surface area contributed by atoms with Crippen LogP contribution >= 0.6 is 0 Å². The van der Waals surface area contributed by atoms with Gasteiger partial charge >= 0.3 is 6.18 Å². The van der Waals surface area contributed by atoms with Crippen molar-refractivity contribution in [1.29, 1.82) is 5.41 Å². The summed E-state index contributed by atoms with van der Waals surface area (Å²) < 4.78 is 38.8. The third-order valence-electron chi connectivity index (χ3n) is 3.01. The van der Waals surface area contributed by atoms with Gasteiger partial charge in [-0.25, -0.2) is 0 Å². The Morgan fingerprint density at radius 3 is 2.25 bits per heavy atom. The number of aromatic hydroxyl groups is 1. The molecule has 2 aromatic rings. The molecule has 20 heavy (non-hydrogen) atoms. The van der Waals surface area contributed by atoms with Crippen molar-refractivity contribution in [2.24, 2.45) is 0 Å². The van der Waals surface area contributed by atoms with Crippen molar-refractivity contribution in [3.8, 4) is 5.75 Å². The lowest BCUT2D eigenvalue weighted by molar-refractivity contribution is -0.137. The summed E-state index contributed by atoms with van der Waals surface area (Å²) >= 11 is 0. The van der Waals surface area contributed by atoms with Crippen molar-refractivity contribution in [1.82, 2.24) is 0 Å². The lowest BCUT2D eigenvalue weighted by Crippen LogP contribution is -2.14. The summed E-state index contributed by atoms with van der Waals surface area (Å²) in [4.78, 5) is 0. The predicted octanol–water partition coefficient (Wildman–Crippen LogP) is 4.14. The molecule has 0 spiro atoms. The number of phenols is 1. The van der Waals surface area contributed by atoms with Gasteiger partial charge in [0.1, 0.15) is 5.75 Å². The minimum atomic E-state index is -4.54. The molecule has 104 valence electrons. The van der Waals surface area contributed by atoms with E-state index in [1.165, 1.54) is 24.3 Å². The standard InChI is InChI=1S/C15H12F3NO/c1-9-5-4-7-11(14(9)20)13(19)10-6-2-3-8-12(10)15(16,17)18/h2-8,19-20H,1H3. The second kappa shape index (κ2) is 5.00. The highest BCUT2D eigenvalue weighted by molar-refractivity contribution is 6.13. The lowest BCUT2D eigenvalue weighted by atomic mass is 9.95. The zero-order valence-electron chi connectivity index (χ0n) is 10.6. The molecule has 0 aromatic heterocycles. The molecule has 0 aliphatic carbocycles. The number of nitrogens with one attached hydrogen (secondary N) is 1. The average Bonchev–Trinajstić information content (AvgIpc) is 2.40. The summed E-state index contributed by atoms with van der Waals surface area (Å²) in [7, 11) is 0. The molecule has 0 bridgehead atoms. The highest BCUT2D eigenvalue weighted by Gasteiger charge is 2.34. The molecule has 2 nitrogen and oxygen atoms in total. The van der Waals surface area contributed by atoms with Crippen molar-refractivity contribution in [2.75, 3.05) is 0 Å². The van der Waals surface area contributed by atoms with Crippen LogP contribution in [0.25, 0.3) is 0 Å². The number of rotatable bonds is 2. The molecule has 2 rings (SSSR count). The Balaban J connectivity index is 2.58. The number of para-hydroxylation sites is 1. The van der Waals surface area contributed by atoms with Gasteiger partial charge in [0.05, 0.1) is 11.3 Å². The normalized spacial score (nSPS) is 11.4. The summed E-state index contributed by atoms with van der Waals surface area (Å²) in [6, 6.07) is 9.51. The first kappa shape index (κ1) is 14.1. The van der Waals surface area contributed by atoms with Gasteiger partial charge in [0.2, 0.25) is 0 Å². The summed E-state index contributed by atoms with van der Waals surface area (Å²) in [5.74, 6) is -0.172. The topological polar surface area (TPSA) is 44.1 Å². The van der Waals surface area contributed by atoms with E-state index in [0.717, 1.165) is 6.07 Å². The number of hydrogen-bond acceptors (Lipinski definition) is 2. The molecule has 0 heterocycles. The molecule has 0 radical (unpaired) electrons. The molecule has 0 saturated heterocycles. The fourth-order valence-electron chi connectivity index (χ4n) is 1.95. The molecule has 0 unspecified atom stereocenters. The molecule has 5 heteroatoms. The predicted molar refractivity (Wildman–Crippen MR) is 70.2 cm³/mol. The van der Waals surface area contributed by atoms with E-state index in [9.17, 15) is 18.3 Å². The fraction of sp³-hybridized carbons (Fsp3) is 0.133. The van der Waals surface area contributed by atoms with Crippen LogP contribution in [0.4, 0.5) is 13.2 Å². The summed E-state index contributed by atoms with van der Waals surface area (Å²) in [5.41, 5.74) is -0.885. The number of hydrogen-bond donors (Lipinski definition) is 2. The van der Waals surface area contributed by atoms with Crippen LogP contribution in [-0.2, 0) is 6.18 Å². The zero-order chi connectivity index (χ0) is 14.9. The molecule has 0 aliphatic heterocycles. The lowest BCUT2D eigenvalue weighted by Gasteiger charge is -2.14. The van der Waals surface area contributed by atoms with E-state index in [1.807, 2.05) is 0 Å². The maximum atomic E-state index is 12.9. The van der Waals surface area contributed by atoms with E-state index < -0.39 is 11.7 Å². The van der Waals surface area contributed by atoms with Gasteiger partial charge in [0.15, 0.2) is 0 Å². The van der Waals surface area contributed by atoms with Crippen molar-refractivity contribution < 1.29 is 18.3 Å². The molecule has 2 aromatic carbocycles. The Labute approximate surface area is 114 Å². The Morgan fingerprint density at radius 1 is 1.00 bits per heavy atom.